The fourth-order valence-electron chi connectivity index (χ4n) is 3.40. The number of aliphatic hydroxyl groups is 1. The molecule has 0 aliphatic rings. The molecule has 0 saturated heterocycles. The molecule has 35 heavy (non-hydrogen) atoms. The normalized spacial score (nSPS) is 13.3. The number of benzene rings is 1. The summed E-state index contributed by atoms with van der Waals surface area (Å²) in [5, 5.41) is 12.1. The van der Waals surface area contributed by atoms with Gasteiger partial charge in [-0.25, -0.2) is 9.59 Å². The van der Waals surface area contributed by atoms with E-state index in [1.54, 1.807) is 19.1 Å². The molecule has 1 aromatic rings. The predicted octanol–water partition coefficient (Wildman–Crippen LogP) is 2.53. The van der Waals surface area contributed by atoms with Crippen LogP contribution in [0.5, 0.6) is 5.75 Å². The number of carbonyl (C=O) groups excluding carboxylic acids is 4. The highest BCUT2D eigenvalue weighted by Crippen LogP contribution is 2.30. The van der Waals surface area contributed by atoms with E-state index >= 15 is 0 Å². The van der Waals surface area contributed by atoms with Crippen LogP contribution in [0.15, 0.2) is 18.2 Å². The van der Waals surface area contributed by atoms with Crippen molar-refractivity contribution < 1.29 is 43.2 Å². The highest BCUT2D eigenvalue weighted by Gasteiger charge is 2.29. The van der Waals surface area contributed by atoms with Gasteiger partial charge in [0.1, 0.15) is 18.5 Å². The van der Waals surface area contributed by atoms with Crippen LogP contribution in [0, 0.1) is 11.8 Å². The summed E-state index contributed by atoms with van der Waals surface area (Å²) in [6.07, 6.45) is -2.36. The van der Waals surface area contributed by atoms with Gasteiger partial charge in [-0.3, -0.25) is 9.59 Å². The predicted molar refractivity (Wildman–Crippen MR) is 126 cm³/mol. The van der Waals surface area contributed by atoms with Crippen molar-refractivity contribution in [2.24, 2.45) is 17.6 Å². The molecule has 3 atom stereocenters. The summed E-state index contributed by atoms with van der Waals surface area (Å²) >= 11 is 0. The Morgan fingerprint density at radius 1 is 1.11 bits per heavy atom. The Labute approximate surface area is 205 Å². The van der Waals surface area contributed by atoms with E-state index < -0.39 is 30.2 Å². The number of hydrogen-bond acceptors (Lipinski definition) is 9. The molecule has 11 nitrogen and oxygen atoms in total. The zero-order chi connectivity index (χ0) is 26.5. The molecule has 0 spiro atoms. The number of nitrogens with two attached hydrogens (primary N) is 1. The summed E-state index contributed by atoms with van der Waals surface area (Å²) in [5.74, 6) is -1.42. The molecule has 2 amide bonds. The fraction of sp³-hybridized carbons (Fsp3) is 0.583. The number of esters is 2. The topological polar surface area (TPSA) is 163 Å². The number of anilines is 1. The standard InChI is InChI=1S/C24H36N2O9/c1-14(2)10-15(3)22(29)26-19-7-6-17(13-33-24(25)31)11-20(19)35-21(23(30)32-5)12-18(8-9-27)34-16(4)28/h6-7,11,14-15,18,21,27H,8-10,12-13H2,1-5H3,(H2,25,31)(H,26,29)/t15-,18?,21?/m1/s1. The summed E-state index contributed by atoms with van der Waals surface area (Å²) in [7, 11) is 1.18. The Morgan fingerprint density at radius 2 is 1.80 bits per heavy atom. The van der Waals surface area contributed by atoms with Crippen molar-refractivity contribution in [3.05, 3.63) is 23.8 Å². The lowest BCUT2D eigenvalue weighted by molar-refractivity contribution is -0.156. The van der Waals surface area contributed by atoms with Crippen LogP contribution in [0.1, 0.15) is 52.5 Å². The van der Waals surface area contributed by atoms with Gasteiger partial charge in [0.15, 0.2) is 6.10 Å². The Balaban J connectivity index is 3.28. The molecular formula is C24H36N2O9. The minimum atomic E-state index is -1.23. The molecule has 0 aliphatic heterocycles. The van der Waals surface area contributed by atoms with E-state index in [9.17, 15) is 24.3 Å². The van der Waals surface area contributed by atoms with E-state index in [0.29, 0.717) is 17.9 Å². The van der Waals surface area contributed by atoms with Crippen LogP contribution < -0.4 is 15.8 Å². The fourth-order valence-corrected chi connectivity index (χ4v) is 3.40. The first-order valence-electron chi connectivity index (χ1n) is 11.3. The number of primary amides is 1. The van der Waals surface area contributed by atoms with Gasteiger partial charge in [-0.1, -0.05) is 26.8 Å². The van der Waals surface area contributed by atoms with Gasteiger partial charge >= 0.3 is 18.0 Å². The van der Waals surface area contributed by atoms with Gasteiger partial charge < -0.3 is 35.1 Å². The lowest BCUT2D eigenvalue weighted by atomic mass is 9.98. The molecule has 0 heterocycles. The maximum Gasteiger partial charge on any atom is 0.404 e. The molecule has 0 radical (unpaired) electrons. The Bertz CT molecular complexity index is 873. The second-order valence-electron chi connectivity index (χ2n) is 8.57. The lowest BCUT2D eigenvalue weighted by Crippen LogP contribution is -2.35. The summed E-state index contributed by atoms with van der Waals surface area (Å²) in [5.41, 5.74) is 5.81. The van der Waals surface area contributed by atoms with Gasteiger partial charge in [-0.05, 0) is 30.0 Å². The molecule has 1 aromatic carbocycles. The van der Waals surface area contributed by atoms with Gasteiger partial charge in [0, 0.05) is 32.3 Å². The minimum absolute atomic E-state index is 0.0826. The van der Waals surface area contributed by atoms with Crippen molar-refractivity contribution in [3.8, 4) is 5.75 Å². The van der Waals surface area contributed by atoms with Crippen molar-refractivity contribution in [2.45, 2.75) is 65.8 Å². The van der Waals surface area contributed by atoms with E-state index in [1.807, 2.05) is 13.8 Å². The van der Waals surface area contributed by atoms with Crippen molar-refractivity contribution in [3.63, 3.8) is 0 Å². The monoisotopic (exact) mass is 496 g/mol. The zero-order valence-electron chi connectivity index (χ0n) is 20.9. The average molecular weight is 497 g/mol. The highest BCUT2D eigenvalue weighted by atomic mass is 16.6. The van der Waals surface area contributed by atoms with E-state index in [1.165, 1.54) is 20.1 Å². The maximum absolute atomic E-state index is 12.7. The largest absolute Gasteiger partial charge is 0.476 e. The molecule has 4 N–H and O–H groups in total. The first-order valence-corrected chi connectivity index (χ1v) is 11.3. The SMILES string of the molecule is COC(=O)C(CC(CCO)OC(C)=O)Oc1cc(COC(N)=O)ccc1NC(=O)[C@H](C)CC(C)C. The summed E-state index contributed by atoms with van der Waals surface area (Å²) in [6.45, 7) is 6.61. The summed E-state index contributed by atoms with van der Waals surface area (Å²) in [4.78, 5) is 47.6. The Morgan fingerprint density at radius 3 is 2.34 bits per heavy atom. The van der Waals surface area contributed by atoms with Gasteiger partial charge in [-0.2, -0.15) is 0 Å². The molecule has 0 aliphatic carbocycles. The molecule has 0 bridgehead atoms. The van der Waals surface area contributed by atoms with Crippen molar-refractivity contribution in [1.29, 1.82) is 0 Å². The van der Waals surface area contributed by atoms with Crippen LogP contribution in [0.4, 0.5) is 10.5 Å². The molecule has 0 fully saturated rings. The first-order chi connectivity index (χ1) is 16.5. The van der Waals surface area contributed by atoms with E-state index in [-0.39, 0.29) is 49.3 Å². The molecule has 0 aromatic heterocycles. The Hall–Kier alpha value is -3.34. The first kappa shape index (κ1) is 29.7. The number of nitrogens with one attached hydrogen (secondary N) is 1. The van der Waals surface area contributed by atoms with Crippen LogP contribution in [0.25, 0.3) is 0 Å². The number of hydrogen-bond donors (Lipinski definition) is 3. The quantitative estimate of drug-likeness (QED) is 0.259. The Kier molecular flexibility index (Phi) is 12.6. The highest BCUT2D eigenvalue weighted by molar-refractivity contribution is 5.94. The molecule has 1 rings (SSSR count). The summed E-state index contributed by atoms with van der Waals surface area (Å²) < 4.78 is 20.8. The van der Waals surface area contributed by atoms with Crippen molar-refractivity contribution >= 4 is 29.6 Å². The van der Waals surface area contributed by atoms with Crippen LogP contribution >= 0.6 is 0 Å². The molecule has 0 saturated carbocycles. The molecule has 11 heteroatoms. The van der Waals surface area contributed by atoms with Crippen molar-refractivity contribution in [2.75, 3.05) is 19.0 Å². The summed E-state index contributed by atoms with van der Waals surface area (Å²) in [6, 6.07) is 4.66. The third-order valence-electron chi connectivity index (χ3n) is 4.95. The third-order valence-corrected chi connectivity index (χ3v) is 4.95. The van der Waals surface area contributed by atoms with Gasteiger partial charge in [0.25, 0.3) is 0 Å². The number of methoxy groups -OCH3 is 1. The smallest absolute Gasteiger partial charge is 0.404 e. The number of amides is 2. The van der Waals surface area contributed by atoms with E-state index in [2.05, 4.69) is 5.32 Å². The van der Waals surface area contributed by atoms with Crippen LogP contribution in [0.2, 0.25) is 0 Å². The van der Waals surface area contributed by atoms with Crippen LogP contribution in [-0.2, 0) is 35.2 Å². The lowest BCUT2D eigenvalue weighted by Gasteiger charge is -2.24. The second-order valence-corrected chi connectivity index (χ2v) is 8.57. The van der Waals surface area contributed by atoms with Gasteiger partial charge in [-0.15, -0.1) is 0 Å². The third kappa shape index (κ3) is 11.1. The van der Waals surface area contributed by atoms with Gasteiger partial charge in [0.2, 0.25) is 5.91 Å². The molecule has 196 valence electrons. The minimum Gasteiger partial charge on any atom is -0.476 e. The van der Waals surface area contributed by atoms with Crippen LogP contribution in [-0.4, -0.2) is 55.0 Å². The number of carbonyl (C=O) groups is 4. The van der Waals surface area contributed by atoms with E-state index in [4.69, 9.17) is 24.7 Å². The molecular weight excluding hydrogens is 460 g/mol. The number of rotatable bonds is 14. The zero-order valence-corrected chi connectivity index (χ0v) is 20.9. The van der Waals surface area contributed by atoms with E-state index in [0.717, 1.165) is 0 Å². The maximum atomic E-state index is 12.7. The van der Waals surface area contributed by atoms with Gasteiger partial charge in [0.05, 0.1) is 12.8 Å². The molecule has 2 unspecified atom stereocenters. The number of ether oxygens (including phenoxy) is 4. The number of aliphatic hydroxyl groups excluding tert-OH is 1. The van der Waals surface area contributed by atoms with Crippen LogP contribution in [0.3, 0.4) is 0 Å². The van der Waals surface area contributed by atoms with Crippen molar-refractivity contribution in [1.82, 2.24) is 0 Å². The average Bonchev–Trinajstić information content (AvgIpc) is 2.77. The second kappa shape index (κ2) is 14.8.